The molecule has 0 bridgehead atoms. The molecular weight excluding hydrogens is 368 g/mol. The summed E-state index contributed by atoms with van der Waals surface area (Å²) >= 11 is 0. The first kappa shape index (κ1) is 19.3. The van der Waals surface area contributed by atoms with Gasteiger partial charge in [-0.15, -0.1) is 0 Å². The molecule has 0 radical (unpaired) electrons. The first-order chi connectivity index (χ1) is 14.0. The highest BCUT2D eigenvalue weighted by molar-refractivity contribution is 6.24. The highest BCUT2D eigenvalue weighted by atomic mass is 16.4. The Bertz CT molecular complexity index is 930. The number of carboxylic acids is 1. The number of carbonyl (C=O) groups excluding carboxylic acids is 2. The molecule has 0 aliphatic carbocycles. The second kappa shape index (κ2) is 7.44. The molecule has 4 unspecified atom stereocenters. The quantitative estimate of drug-likeness (QED) is 0.738. The van der Waals surface area contributed by atoms with Crippen molar-refractivity contribution in [1.29, 1.82) is 0 Å². The van der Waals surface area contributed by atoms with Crippen molar-refractivity contribution in [3.63, 3.8) is 0 Å². The average molecular weight is 392 g/mol. The van der Waals surface area contributed by atoms with Crippen LogP contribution in [0.1, 0.15) is 37.8 Å². The number of amides is 2. The summed E-state index contributed by atoms with van der Waals surface area (Å²) in [7, 11) is 0. The number of nitrogens with zero attached hydrogens (tertiary/aromatic N) is 1. The van der Waals surface area contributed by atoms with Crippen LogP contribution >= 0.6 is 0 Å². The van der Waals surface area contributed by atoms with Crippen molar-refractivity contribution in [2.24, 2.45) is 11.8 Å². The van der Waals surface area contributed by atoms with Crippen LogP contribution in [-0.2, 0) is 14.4 Å². The number of carbonyl (C=O) groups is 3. The molecule has 2 aromatic rings. The van der Waals surface area contributed by atoms with Gasteiger partial charge in [-0.05, 0) is 24.1 Å². The molecule has 2 N–H and O–H groups in total. The first-order valence-corrected chi connectivity index (χ1v) is 10.00. The van der Waals surface area contributed by atoms with Gasteiger partial charge in [-0.3, -0.25) is 19.7 Å². The fourth-order valence-electron chi connectivity index (χ4n) is 4.77. The predicted octanol–water partition coefficient (Wildman–Crippen LogP) is 3.15. The fourth-order valence-corrected chi connectivity index (χ4v) is 4.77. The van der Waals surface area contributed by atoms with Gasteiger partial charge in [0.1, 0.15) is 5.54 Å². The van der Waals surface area contributed by atoms with E-state index in [1.165, 1.54) is 4.90 Å². The summed E-state index contributed by atoms with van der Waals surface area (Å²) in [5.41, 5.74) is -0.158. The summed E-state index contributed by atoms with van der Waals surface area (Å²) < 4.78 is 0. The Balaban J connectivity index is 1.84. The zero-order chi connectivity index (χ0) is 20.6. The van der Waals surface area contributed by atoms with Gasteiger partial charge in [0.15, 0.2) is 0 Å². The normalized spacial score (nSPS) is 28.6. The van der Waals surface area contributed by atoms with Gasteiger partial charge < -0.3 is 5.11 Å². The lowest BCUT2D eigenvalue weighted by molar-refractivity contribution is -0.149. The van der Waals surface area contributed by atoms with Crippen LogP contribution in [0.2, 0.25) is 0 Å². The SMILES string of the molecule is CCCCC1(C(=O)O)NC(c2ccccc2)C2C(=O)N(c3ccccc3)C(=O)C21. The molecule has 6 heteroatoms. The zero-order valence-electron chi connectivity index (χ0n) is 16.2. The Morgan fingerprint density at radius 1 is 1.03 bits per heavy atom. The molecule has 29 heavy (non-hydrogen) atoms. The van der Waals surface area contributed by atoms with E-state index in [0.29, 0.717) is 18.5 Å². The van der Waals surface area contributed by atoms with Crippen LogP contribution in [0.25, 0.3) is 0 Å². The number of rotatable bonds is 6. The molecule has 4 rings (SSSR count). The lowest BCUT2D eigenvalue weighted by Crippen LogP contribution is -2.55. The maximum Gasteiger partial charge on any atom is 0.324 e. The predicted molar refractivity (Wildman–Crippen MR) is 108 cm³/mol. The third kappa shape index (κ3) is 2.95. The summed E-state index contributed by atoms with van der Waals surface area (Å²) in [6.07, 6.45) is 1.75. The number of unbranched alkanes of at least 4 members (excludes halogenated alkanes) is 1. The van der Waals surface area contributed by atoms with Gasteiger partial charge in [0.25, 0.3) is 0 Å². The van der Waals surface area contributed by atoms with Crippen molar-refractivity contribution >= 4 is 23.5 Å². The van der Waals surface area contributed by atoms with Gasteiger partial charge >= 0.3 is 5.97 Å². The molecule has 2 aliphatic rings. The Morgan fingerprint density at radius 2 is 1.66 bits per heavy atom. The van der Waals surface area contributed by atoms with Crippen LogP contribution in [-0.4, -0.2) is 28.4 Å². The molecular formula is C23H24N2O4. The Kier molecular flexibility index (Phi) is 4.96. The number of hydrogen-bond donors (Lipinski definition) is 2. The van der Waals surface area contributed by atoms with Crippen LogP contribution in [0.3, 0.4) is 0 Å². The van der Waals surface area contributed by atoms with Crippen molar-refractivity contribution in [1.82, 2.24) is 5.32 Å². The maximum absolute atomic E-state index is 13.5. The van der Waals surface area contributed by atoms with Crippen LogP contribution in [0.4, 0.5) is 5.69 Å². The number of nitrogens with one attached hydrogen (secondary N) is 1. The molecule has 150 valence electrons. The summed E-state index contributed by atoms with van der Waals surface area (Å²) in [6, 6.07) is 17.5. The van der Waals surface area contributed by atoms with Crippen molar-refractivity contribution in [3.8, 4) is 0 Å². The van der Waals surface area contributed by atoms with Gasteiger partial charge in [0, 0.05) is 6.04 Å². The van der Waals surface area contributed by atoms with E-state index in [0.717, 1.165) is 12.0 Å². The first-order valence-electron chi connectivity index (χ1n) is 10.00. The molecule has 2 aromatic carbocycles. The summed E-state index contributed by atoms with van der Waals surface area (Å²) in [5, 5.41) is 13.4. The zero-order valence-corrected chi connectivity index (χ0v) is 16.2. The summed E-state index contributed by atoms with van der Waals surface area (Å²) in [6.45, 7) is 1.98. The van der Waals surface area contributed by atoms with E-state index in [1.54, 1.807) is 24.3 Å². The van der Waals surface area contributed by atoms with E-state index >= 15 is 0 Å². The van der Waals surface area contributed by atoms with Crippen molar-refractivity contribution < 1.29 is 19.5 Å². The lowest BCUT2D eigenvalue weighted by atomic mass is 9.76. The monoisotopic (exact) mass is 392 g/mol. The van der Waals surface area contributed by atoms with Crippen LogP contribution < -0.4 is 10.2 Å². The minimum atomic E-state index is -1.46. The summed E-state index contributed by atoms with van der Waals surface area (Å²) in [4.78, 5) is 40.6. The van der Waals surface area contributed by atoms with Crippen LogP contribution in [0, 0.1) is 11.8 Å². The fraction of sp³-hybridized carbons (Fsp3) is 0.348. The van der Waals surface area contributed by atoms with Gasteiger partial charge in [-0.1, -0.05) is 68.3 Å². The van der Waals surface area contributed by atoms with Crippen LogP contribution in [0.5, 0.6) is 0 Å². The molecule has 0 aromatic heterocycles. The number of benzene rings is 2. The molecule has 2 fully saturated rings. The van der Waals surface area contributed by atoms with E-state index in [1.807, 2.05) is 43.3 Å². The number of hydrogen-bond acceptors (Lipinski definition) is 4. The van der Waals surface area contributed by atoms with E-state index in [-0.39, 0.29) is 5.91 Å². The third-order valence-electron chi connectivity index (χ3n) is 6.13. The molecule has 2 aliphatic heterocycles. The molecule has 6 nitrogen and oxygen atoms in total. The van der Waals surface area contributed by atoms with Crippen molar-refractivity contribution in [2.45, 2.75) is 37.8 Å². The molecule has 2 amide bonds. The largest absolute Gasteiger partial charge is 0.480 e. The van der Waals surface area contributed by atoms with Crippen molar-refractivity contribution in [3.05, 3.63) is 66.2 Å². The lowest BCUT2D eigenvalue weighted by Gasteiger charge is -2.31. The Labute approximate surface area is 169 Å². The smallest absolute Gasteiger partial charge is 0.324 e. The Morgan fingerprint density at radius 3 is 2.24 bits per heavy atom. The van der Waals surface area contributed by atoms with Gasteiger partial charge in [0.05, 0.1) is 17.5 Å². The molecule has 0 saturated carbocycles. The van der Waals surface area contributed by atoms with Crippen LogP contribution in [0.15, 0.2) is 60.7 Å². The molecule has 2 saturated heterocycles. The minimum absolute atomic E-state index is 0.297. The van der Waals surface area contributed by atoms with Gasteiger partial charge in [0.2, 0.25) is 11.8 Å². The van der Waals surface area contributed by atoms with Crippen molar-refractivity contribution in [2.75, 3.05) is 4.90 Å². The number of carboxylic acid groups (broad SMARTS) is 1. The second-order valence-electron chi connectivity index (χ2n) is 7.76. The average Bonchev–Trinajstić information content (AvgIpc) is 3.22. The second-order valence-corrected chi connectivity index (χ2v) is 7.76. The van der Waals surface area contributed by atoms with Gasteiger partial charge in [-0.25, -0.2) is 4.90 Å². The number of fused-ring (bicyclic) bond motifs is 1. The van der Waals surface area contributed by atoms with E-state index < -0.39 is 35.3 Å². The number of para-hydroxylation sites is 1. The highest BCUT2D eigenvalue weighted by Crippen LogP contribution is 2.51. The topological polar surface area (TPSA) is 86.7 Å². The number of imide groups is 1. The molecule has 4 atom stereocenters. The molecule has 0 spiro atoms. The number of aliphatic carboxylic acids is 1. The maximum atomic E-state index is 13.5. The molecule has 2 heterocycles. The standard InChI is InChI=1S/C23H24N2O4/c1-2-3-14-23(22(28)29)18-17(19(24-23)15-10-6-4-7-11-15)20(26)25(21(18)27)16-12-8-5-9-13-16/h4-13,17-19,24H,2-3,14H2,1H3,(H,28,29). The number of anilines is 1. The van der Waals surface area contributed by atoms with E-state index in [9.17, 15) is 19.5 Å². The van der Waals surface area contributed by atoms with E-state index in [4.69, 9.17) is 0 Å². The summed E-state index contributed by atoms with van der Waals surface area (Å²) in [5.74, 6) is -3.54. The third-order valence-corrected chi connectivity index (χ3v) is 6.13. The highest BCUT2D eigenvalue weighted by Gasteiger charge is 2.68. The minimum Gasteiger partial charge on any atom is -0.480 e. The Hall–Kier alpha value is -2.99. The van der Waals surface area contributed by atoms with Gasteiger partial charge in [-0.2, -0.15) is 0 Å². The van der Waals surface area contributed by atoms with E-state index in [2.05, 4.69) is 5.32 Å².